The van der Waals surface area contributed by atoms with Crippen molar-refractivity contribution in [2.75, 3.05) is 10.6 Å². The van der Waals surface area contributed by atoms with E-state index in [1.165, 1.54) is 41.7 Å². The SMILES string of the molecule is CC(=O)Nc1ccc(-c2csc(NC(=O)Cc3csc(-c4ccco4)n3)n2)c(F)c1. The summed E-state index contributed by atoms with van der Waals surface area (Å²) in [5.74, 6) is -0.411. The van der Waals surface area contributed by atoms with Crippen molar-refractivity contribution in [2.24, 2.45) is 0 Å². The van der Waals surface area contributed by atoms with E-state index in [1.54, 1.807) is 29.2 Å². The van der Waals surface area contributed by atoms with Crippen molar-refractivity contribution >= 4 is 45.3 Å². The van der Waals surface area contributed by atoms with Crippen LogP contribution in [0, 0.1) is 5.82 Å². The van der Waals surface area contributed by atoms with Gasteiger partial charge in [-0.15, -0.1) is 22.7 Å². The molecule has 4 aromatic rings. The Morgan fingerprint density at radius 1 is 1.13 bits per heavy atom. The number of carbonyl (C=O) groups is 2. The van der Waals surface area contributed by atoms with Crippen molar-refractivity contribution in [3.8, 4) is 22.0 Å². The number of hydrogen-bond donors (Lipinski definition) is 2. The van der Waals surface area contributed by atoms with Gasteiger partial charge >= 0.3 is 0 Å². The zero-order valence-electron chi connectivity index (χ0n) is 15.6. The molecule has 3 heterocycles. The largest absolute Gasteiger partial charge is 0.462 e. The van der Waals surface area contributed by atoms with Crippen molar-refractivity contribution in [2.45, 2.75) is 13.3 Å². The summed E-state index contributed by atoms with van der Waals surface area (Å²) in [5, 5.41) is 9.76. The molecule has 0 radical (unpaired) electrons. The molecule has 152 valence electrons. The van der Waals surface area contributed by atoms with Crippen LogP contribution in [0.15, 0.2) is 51.8 Å². The molecule has 1 aromatic carbocycles. The molecule has 0 unspecified atom stereocenters. The second-order valence-corrected chi connectivity index (χ2v) is 7.98. The van der Waals surface area contributed by atoms with Gasteiger partial charge in [0.25, 0.3) is 0 Å². The predicted octanol–water partition coefficient (Wildman–Crippen LogP) is 4.81. The number of nitrogens with one attached hydrogen (secondary N) is 2. The van der Waals surface area contributed by atoms with Gasteiger partial charge in [0.2, 0.25) is 11.8 Å². The molecule has 10 heteroatoms. The fraction of sp³-hybridized carbons (Fsp3) is 0.100. The van der Waals surface area contributed by atoms with Crippen LogP contribution in [-0.2, 0) is 16.0 Å². The first-order valence-corrected chi connectivity index (χ1v) is 10.5. The molecule has 2 N–H and O–H groups in total. The third-order valence-corrected chi connectivity index (χ3v) is 5.60. The Bertz CT molecular complexity index is 1200. The third-order valence-electron chi connectivity index (χ3n) is 3.94. The van der Waals surface area contributed by atoms with E-state index in [-0.39, 0.29) is 23.8 Å². The maximum Gasteiger partial charge on any atom is 0.232 e. The maximum atomic E-state index is 14.4. The number of anilines is 2. The molecule has 4 rings (SSSR count). The highest BCUT2D eigenvalue weighted by Gasteiger charge is 2.14. The lowest BCUT2D eigenvalue weighted by Gasteiger charge is -2.05. The maximum absolute atomic E-state index is 14.4. The predicted molar refractivity (Wildman–Crippen MR) is 114 cm³/mol. The standard InChI is InChI=1S/C20H15FN4O3S2/c1-11(26)22-12-4-5-14(15(21)7-12)16-10-30-20(24-16)25-18(27)8-13-9-29-19(23-13)17-3-2-6-28-17/h2-7,9-10H,8H2,1H3,(H,22,26)(H,24,25,27). The van der Waals surface area contributed by atoms with Crippen molar-refractivity contribution in [3.05, 3.63) is 58.9 Å². The number of hydrogen-bond acceptors (Lipinski definition) is 7. The zero-order valence-corrected chi connectivity index (χ0v) is 17.3. The minimum atomic E-state index is -0.516. The summed E-state index contributed by atoms with van der Waals surface area (Å²) in [6, 6.07) is 7.94. The Balaban J connectivity index is 1.41. The number of carbonyl (C=O) groups excluding carboxylic acids is 2. The van der Waals surface area contributed by atoms with E-state index >= 15 is 0 Å². The number of rotatable bonds is 6. The molecule has 0 spiro atoms. The van der Waals surface area contributed by atoms with Crippen molar-refractivity contribution in [1.82, 2.24) is 9.97 Å². The second kappa shape index (κ2) is 8.56. The van der Waals surface area contributed by atoms with E-state index in [1.807, 2.05) is 6.07 Å². The van der Waals surface area contributed by atoms with Crippen LogP contribution < -0.4 is 10.6 Å². The Morgan fingerprint density at radius 3 is 2.73 bits per heavy atom. The minimum Gasteiger partial charge on any atom is -0.462 e. The van der Waals surface area contributed by atoms with Gasteiger partial charge in [0.05, 0.1) is 24.1 Å². The Kier molecular flexibility index (Phi) is 5.68. The Morgan fingerprint density at radius 2 is 2.00 bits per heavy atom. The number of thiazole rings is 2. The van der Waals surface area contributed by atoms with E-state index in [4.69, 9.17) is 4.42 Å². The molecule has 0 atom stereocenters. The van der Waals surface area contributed by atoms with Gasteiger partial charge in [0.15, 0.2) is 15.9 Å². The fourth-order valence-corrected chi connectivity index (χ4v) is 4.20. The van der Waals surface area contributed by atoms with Gasteiger partial charge in [-0.25, -0.2) is 14.4 Å². The summed E-state index contributed by atoms with van der Waals surface area (Å²) in [4.78, 5) is 32.1. The Hall–Kier alpha value is -3.37. The fourth-order valence-electron chi connectivity index (χ4n) is 2.69. The van der Waals surface area contributed by atoms with Crippen LogP contribution in [0.25, 0.3) is 22.0 Å². The molecule has 30 heavy (non-hydrogen) atoms. The van der Waals surface area contributed by atoms with Crippen LogP contribution in [0.2, 0.25) is 0 Å². The highest BCUT2D eigenvalue weighted by molar-refractivity contribution is 7.14. The smallest absolute Gasteiger partial charge is 0.232 e. The number of benzene rings is 1. The molecule has 3 aromatic heterocycles. The molecule has 0 bridgehead atoms. The van der Waals surface area contributed by atoms with Crippen LogP contribution >= 0.6 is 22.7 Å². The van der Waals surface area contributed by atoms with Crippen LogP contribution in [0.3, 0.4) is 0 Å². The Labute approximate surface area is 178 Å². The lowest BCUT2D eigenvalue weighted by molar-refractivity contribution is -0.116. The number of furan rings is 1. The van der Waals surface area contributed by atoms with Crippen LogP contribution in [0.1, 0.15) is 12.6 Å². The van der Waals surface area contributed by atoms with E-state index in [0.29, 0.717) is 33.0 Å². The molecule has 0 fully saturated rings. The first kappa shape index (κ1) is 19.9. The van der Waals surface area contributed by atoms with Crippen LogP contribution in [0.4, 0.5) is 15.2 Å². The van der Waals surface area contributed by atoms with Gasteiger partial charge < -0.3 is 15.1 Å². The number of amides is 2. The van der Waals surface area contributed by atoms with E-state index in [0.717, 1.165) is 0 Å². The molecule has 0 saturated carbocycles. The summed E-state index contributed by atoms with van der Waals surface area (Å²) >= 11 is 2.60. The normalized spacial score (nSPS) is 10.7. The van der Waals surface area contributed by atoms with Gasteiger partial charge in [0, 0.05) is 28.9 Å². The molecule has 0 aliphatic carbocycles. The van der Waals surface area contributed by atoms with Crippen LogP contribution in [0.5, 0.6) is 0 Å². The second-order valence-electron chi connectivity index (χ2n) is 6.26. The molecule has 2 amide bonds. The quantitative estimate of drug-likeness (QED) is 0.447. The number of halogens is 1. The first-order chi connectivity index (χ1) is 14.5. The van der Waals surface area contributed by atoms with E-state index in [9.17, 15) is 14.0 Å². The van der Waals surface area contributed by atoms with E-state index in [2.05, 4.69) is 20.6 Å². The van der Waals surface area contributed by atoms with Gasteiger partial charge in [0.1, 0.15) is 5.82 Å². The van der Waals surface area contributed by atoms with Crippen molar-refractivity contribution in [3.63, 3.8) is 0 Å². The molecular formula is C20H15FN4O3S2. The summed E-state index contributed by atoms with van der Waals surface area (Å²) < 4.78 is 19.7. The van der Waals surface area contributed by atoms with Gasteiger partial charge in [-0.3, -0.25) is 9.59 Å². The highest BCUT2D eigenvalue weighted by atomic mass is 32.1. The minimum absolute atomic E-state index is 0.0892. The lowest BCUT2D eigenvalue weighted by atomic mass is 10.1. The molecule has 0 aliphatic rings. The van der Waals surface area contributed by atoms with Crippen molar-refractivity contribution in [1.29, 1.82) is 0 Å². The number of aromatic nitrogens is 2. The average Bonchev–Trinajstić information content (AvgIpc) is 3.42. The van der Waals surface area contributed by atoms with Crippen molar-refractivity contribution < 1.29 is 18.4 Å². The molecular weight excluding hydrogens is 427 g/mol. The zero-order chi connectivity index (χ0) is 21.1. The first-order valence-electron chi connectivity index (χ1n) is 8.79. The summed E-state index contributed by atoms with van der Waals surface area (Å²) in [5.41, 5.74) is 1.67. The third kappa shape index (κ3) is 4.61. The van der Waals surface area contributed by atoms with Crippen LogP contribution in [-0.4, -0.2) is 21.8 Å². The van der Waals surface area contributed by atoms with E-state index < -0.39 is 5.82 Å². The van der Waals surface area contributed by atoms with Gasteiger partial charge in [-0.2, -0.15) is 0 Å². The summed E-state index contributed by atoms with van der Waals surface area (Å²) in [6.45, 7) is 1.35. The molecule has 0 aliphatic heterocycles. The monoisotopic (exact) mass is 442 g/mol. The lowest BCUT2D eigenvalue weighted by Crippen LogP contribution is -2.14. The summed E-state index contributed by atoms with van der Waals surface area (Å²) in [6.07, 6.45) is 1.66. The molecule has 0 saturated heterocycles. The van der Waals surface area contributed by atoms with Gasteiger partial charge in [-0.05, 0) is 30.3 Å². The molecule has 7 nitrogen and oxygen atoms in total. The van der Waals surface area contributed by atoms with Gasteiger partial charge in [-0.1, -0.05) is 0 Å². The summed E-state index contributed by atoms with van der Waals surface area (Å²) in [7, 11) is 0. The topological polar surface area (TPSA) is 97.1 Å². The highest BCUT2D eigenvalue weighted by Crippen LogP contribution is 2.29. The number of nitrogens with zero attached hydrogens (tertiary/aromatic N) is 2. The average molecular weight is 442 g/mol.